The van der Waals surface area contributed by atoms with Crippen LogP contribution in [0.5, 0.6) is 0 Å². The zero-order valence-electron chi connectivity index (χ0n) is 8.09. The lowest BCUT2D eigenvalue weighted by Crippen LogP contribution is -2.11. The Morgan fingerprint density at radius 1 is 1.50 bits per heavy atom. The summed E-state index contributed by atoms with van der Waals surface area (Å²) in [4.78, 5) is 4.07. The SMILES string of the molecule is CC1=C2C=C(CC(C)(F)F)C=[N+]2C=N1. The molecule has 0 amide bonds. The van der Waals surface area contributed by atoms with Crippen LogP contribution >= 0.6 is 0 Å². The Labute approximate surface area is 81.0 Å². The number of rotatable bonds is 2. The first-order valence-corrected chi connectivity index (χ1v) is 4.42. The van der Waals surface area contributed by atoms with E-state index in [2.05, 4.69) is 4.99 Å². The largest absolute Gasteiger partial charge is 0.291 e. The highest BCUT2D eigenvalue weighted by Gasteiger charge is 2.29. The molecule has 0 bridgehead atoms. The molecule has 2 rings (SSSR count). The zero-order valence-corrected chi connectivity index (χ0v) is 8.09. The summed E-state index contributed by atoms with van der Waals surface area (Å²) < 4.78 is 27.2. The first kappa shape index (κ1) is 9.24. The van der Waals surface area contributed by atoms with Crippen molar-refractivity contribution in [2.75, 3.05) is 0 Å². The summed E-state index contributed by atoms with van der Waals surface area (Å²) in [5.74, 6) is -2.65. The van der Waals surface area contributed by atoms with Crippen LogP contribution in [0.25, 0.3) is 0 Å². The molecule has 14 heavy (non-hydrogen) atoms. The zero-order chi connectivity index (χ0) is 10.3. The highest BCUT2D eigenvalue weighted by molar-refractivity contribution is 5.83. The van der Waals surface area contributed by atoms with Gasteiger partial charge in [0.25, 0.3) is 6.34 Å². The lowest BCUT2D eigenvalue weighted by atomic mass is 10.1. The van der Waals surface area contributed by atoms with Crippen molar-refractivity contribution in [3.05, 3.63) is 23.0 Å². The van der Waals surface area contributed by atoms with Crippen molar-refractivity contribution in [1.29, 1.82) is 0 Å². The summed E-state index contributed by atoms with van der Waals surface area (Å²) >= 11 is 0. The van der Waals surface area contributed by atoms with Gasteiger partial charge >= 0.3 is 0 Å². The molecule has 0 fully saturated rings. The van der Waals surface area contributed by atoms with Crippen molar-refractivity contribution in [3.63, 3.8) is 0 Å². The van der Waals surface area contributed by atoms with Crippen molar-refractivity contribution >= 4 is 12.6 Å². The Kier molecular flexibility index (Phi) is 1.87. The molecule has 0 aliphatic carbocycles. The second-order valence-corrected chi connectivity index (χ2v) is 3.72. The number of aliphatic imine (C=N–C) groups is 1. The van der Waals surface area contributed by atoms with E-state index in [4.69, 9.17) is 0 Å². The van der Waals surface area contributed by atoms with Gasteiger partial charge in [-0.05, 0) is 18.0 Å². The number of alkyl halides is 2. The molecule has 4 heteroatoms. The van der Waals surface area contributed by atoms with Gasteiger partial charge in [0.1, 0.15) is 0 Å². The highest BCUT2D eigenvalue weighted by atomic mass is 19.3. The summed E-state index contributed by atoms with van der Waals surface area (Å²) in [6, 6.07) is 0. The van der Waals surface area contributed by atoms with Gasteiger partial charge in [0, 0.05) is 18.9 Å². The van der Waals surface area contributed by atoms with Gasteiger partial charge in [0.15, 0.2) is 11.4 Å². The second kappa shape index (κ2) is 2.83. The third-order valence-electron chi connectivity index (χ3n) is 2.17. The Morgan fingerprint density at radius 2 is 2.21 bits per heavy atom. The fourth-order valence-electron chi connectivity index (χ4n) is 1.59. The summed E-state index contributed by atoms with van der Waals surface area (Å²) in [5, 5.41) is 0. The smallest absolute Gasteiger partial charge is 0.207 e. The second-order valence-electron chi connectivity index (χ2n) is 3.72. The van der Waals surface area contributed by atoms with Crippen LogP contribution in [-0.4, -0.2) is 23.1 Å². The number of fused-ring (bicyclic) bond motifs is 1. The maximum Gasteiger partial charge on any atom is 0.291 e. The highest BCUT2D eigenvalue weighted by Crippen LogP contribution is 2.27. The van der Waals surface area contributed by atoms with E-state index in [1.54, 1.807) is 23.2 Å². The van der Waals surface area contributed by atoms with Crippen molar-refractivity contribution in [3.8, 4) is 0 Å². The normalized spacial score (nSPS) is 20.0. The summed E-state index contributed by atoms with van der Waals surface area (Å²) in [6.07, 6.45) is 4.89. The van der Waals surface area contributed by atoms with Crippen LogP contribution < -0.4 is 0 Å². The van der Waals surface area contributed by atoms with Crippen molar-refractivity contribution in [2.45, 2.75) is 26.2 Å². The van der Waals surface area contributed by atoms with E-state index >= 15 is 0 Å². The third kappa shape index (κ3) is 1.64. The average molecular weight is 197 g/mol. The van der Waals surface area contributed by atoms with Crippen LogP contribution in [0.4, 0.5) is 8.78 Å². The maximum atomic E-state index is 12.7. The first-order chi connectivity index (χ1) is 6.46. The minimum absolute atomic E-state index is 0.214. The molecule has 0 atom stereocenters. The molecule has 74 valence electrons. The fraction of sp³-hybridized carbons (Fsp3) is 0.400. The molecule has 2 heterocycles. The third-order valence-corrected chi connectivity index (χ3v) is 2.17. The van der Waals surface area contributed by atoms with E-state index in [9.17, 15) is 8.78 Å². The number of nitrogens with zero attached hydrogens (tertiary/aromatic N) is 2. The van der Waals surface area contributed by atoms with Gasteiger partial charge in [-0.25, -0.2) is 8.78 Å². The molecule has 0 aromatic carbocycles. The summed E-state index contributed by atoms with van der Waals surface area (Å²) in [6.45, 7) is 2.80. The minimum Gasteiger partial charge on any atom is -0.207 e. The van der Waals surface area contributed by atoms with Crippen molar-refractivity contribution in [2.24, 2.45) is 4.99 Å². The van der Waals surface area contributed by atoms with Gasteiger partial charge in [-0.2, -0.15) is 4.58 Å². The van der Waals surface area contributed by atoms with E-state index in [1.165, 1.54) is 0 Å². The Morgan fingerprint density at radius 3 is 2.79 bits per heavy atom. The molecule has 0 N–H and O–H groups in total. The van der Waals surface area contributed by atoms with Gasteiger partial charge in [0.2, 0.25) is 5.92 Å². The fourth-order valence-corrected chi connectivity index (χ4v) is 1.59. The first-order valence-electron chi connectivity index (χ1n) is 4.42. The van der Waals surface area contributed by atoms with Crippen LogP contribution in [0, 0.1) is 0 Å². The molecule has 0 saturated heterocycles. The molecular weight excluding hydrogens is 186 g/mol. The average Bonchev–Trinajstić information content (AvgIpc) is 2.51. The summed E-state index contributed by atoms with van der Waals surface area (Å²) in [5.41, 5.74) is 2.43. The Bertz CT molecular complexity index is 395. The van der Waals surface area contributed by atoms with E-state index in [1.807, 2.05) is 6.92 Å². The van der Waals surface area contributed by atoms with E-state index < -0.39 is 5.92 Å². The number of halogens is 2. The van der Waals surface area contributed by atoms with Crippen LogP contribution in [0.2, 0.25) is 0 Å². The molecule has 0 saturated carbocycles. The number of hydrogen-bond acceptors (Lipinski definition) is 1. The van der Waals surface area contributed by atoms with Crippen LogP contribution in [-0.2, 0) is 0 Å². The van der Waals surface area contributed by atoms with Crippen LogP contribution in [0.3, 0.4) is 0 Å². The summed E-state index contributed by atoms with van der Waals surface area (Å²) in [7, 11) is 0. The van der Waals surface area contributed by atoms with E-state index in [0.717, 1.165) is 18.3 Å². The van der Waals surface area contributed by atoms with Crippen molar-refractivity contribution in [1.82, 2.24) is 0 Å². The lowest BCUT2D eigenvalue weighted by molar-refractivity contribution is -0.317. The van der Waals surface area contributed by atoms with Crippen LogP contribution in [0.1, 0.15) is 20.3 Å². The quantitative estimate of drug-likeness (QED) is 0.604. The predicted molar refractivity (Wildman–Crippen MR) is 50.8 cm³/mol. The molecule has 2 nitrogen and oxygen atoms in total. The molecule has 0 radical (unpaired) electrons. The molecule has 0 spiro atoms. The Balaban J connectivity index is 2.22. The lowest BCUT2D eigenvalue weighted by Gasteiger charge is -2.07. The minimum atomic E-state index is -2.65. The topological polar surface area (TPSA) is 15.4 Å². The monoisotopic (exact) mass is 197 g/mol. The van der Waals surface area contributed by atoms with Gasteiger partial charge in [-0.3, -0.25) is 0 Å². The van der Waals surface area contributed by atoms with Crippen molar-refractivity contribution < 1.29 is 13.4 Å². The molecular formula is C10H11F2N2+. The molecule has 0 aromatic heterocycles. The van der Waals surface area contributed by atoms with Gasteiger partial charge < -0.3 is 0 Å². The van der Waals surface area contributed by atoms with E-state index in [-0.39, 0.29) is 6.42 Å². The Hall–Kier alpha value is -1.32. The number of allylic oxidation sites excluding steroid dienone is 3. The van der Waals surface area contributed by atoms with E-state index in [0.29, 0.717) is 5.57 Å². The standard InChI is InChI=1S/C10H11F2N2/c1-7-9-3-8(4-10(2,11)12)5-14(9)6-13-7/h3,5-6H,4H2,1-2H3/q+1. The maximum absolute atomic E-state index is 12.7. The number of hydrogen-bond donors (Lipinski definition) is 0. The van der Waals surface area contributed by atoms with Gasteiger partial charge in [-0.1, -0.05) is 0 Å². The van der Waals surface area contributed by atoms with Gasteiger partial charge in [0.05, 0.1) is 6.21 Å². The van der Waals surface area contributed by atoms with Crippen LogP contribution in [0.15, 0.2) is 28.0 Å². The predicted octanol–water partition coefficient (Wildman–Crippen LogP) is 2.33. The molecule has 2 aliphatic heterocycles. The van der Waals surface area contributed by atoms with Gasteiger partial charge in [-0.15, -0.1) is 0 Å². The molecule has 0 aromatic rings. The molecule has 2 aliphatic rings. The molecule has 0 unspecified atom stereocenters.